The molecule has 0 saturated heterocycles. The molecule has 0 aromatic carbocycles. The third-order valence-electron chi connectivity index (χ3n) is 18.5. The maximum atomic E-state index is 12.2. The van der Waals surface area contributed by atoms with Gasteiger partial charge >= 0.3 is 30.4 Å². The molecule has 8 aromatic rings. The van der Waals surface area contributed by atoms with Crippen molar-refractivity contribution in [3.05, 3.63) is 192 Å². The van der Waals surface area contributed by atoms with Crippen molar-refractivity contribution in [3.63, 3.8) is 0 Å². The van der Waals surface area contributed by atoms with E-state index in [2.05, 4.69) is 114 Å². The molecule has 8 heterocycles. The summed E-state index contributed by atoms with van der Waals surface area (Å²) < 4.78 is 106. The lowest BCUT2D eigenvalue weighted by atomic mass is 9.82. The second kappa shape index (κ2) is 47.8. The van der Waals surface area contributed by atoms with Gasteiger partial charge in [-0.25, -0.2) is 18.3 Å². The molecule has 0 fully saturated rings. The number of aliphatic hydroxyl groups is 3. The van der Waals surface area contributed by atoms with Crippen molar-refractivity contribution in [2.75, 3.05) is 103 Å². The predicted octanol–water partition coefficient (Wildman–Crippen LogP) is 17.8. The van der Waals surface area contributed by atoms with Crippen LogP contribution in [0.3, 0.4) is 0 Å². The van der Waals surface area contributed by atoms with Crippen molar-refractivity contribution in [1.82, 2.24) is 39.9 Å². The van der Waals surface area contributed by atoms with Crippen molar-refractivity contribution in [2.24, 2.45) is 23.7 Å². The van der Waals surface area contributed by atoms with Crippen LogP contribution in [0.4, 0.5) is 0 Å². The van der Waals surface area contributed by atoms with E-state index in [0.717, 1.165) is 47.2 Å². The normalized spacial score (nSPS) is 13.0. The fourth-order valence-corrected chi connectivity index (χ4v) is 15.3. The Hall–Kier alpha value is -4.93. The lowest BCUT2D eigenvalue weighted by Crippen LogP contribution is -2.41. The Balaban J connectivity index is 0.000000287. The molecule has 104 heavy (non-hydrogen) atoms. The van der Waals surface area contributed by atoms with Crippen molar-refractivity contribution in [3.8, 4) is 0 Å². The van der Waals surface area contributed by atoms with E-state index in [0.29, 0.717) is 50.4 Å². The molecule has 586 valence electrons. The number of aromatic amines is 8. The van der Waals surface area contributed by atoms with Crippen molar-refractivity contribution in [2.45, 2.75) is 127 Å². The van der Waals surface area contributed by atoms with Crippen LogP contribution in [0.2, 0.25) is 18.1 Å². The number of aromatic nitrogens is 8. The summed E-state index contributed by atoms with van der Waals surface area (Å²) in [5.74, 6) is 1.39. The number of nitrogens with one attached hydrogen (secondary N) is 8. The Kier molecular flexibility index (Phi) is 42.0. The number of hydrogen-bond donors (Lipinski definition) is 11. The first-order chi connectivity index (χ1) is 49.8. The third kappa shape index (κ3) is 30.3. The van der Waals surface area contributed by atoms with Gasteiger partial charge in [0.25, 0.3) is 0 Å². The van der Waals surface area contributed by atoms with Crippen LogP contribution in [-0.2, 0) is 72.4 Å². The van der Waals surface area contributed by atoms with Gasteiger partial charge in [-0.2, -0.15) is 0 Å². The Morgan fingerprint density at radius 2 is 0.577 bits per heavy atom. The Morgan fingerprint density at radius 3 is 0.750 bits per heavy atom. The highest BCUT2D eigenvalue weighted by atomic mass is 35.7. The first-order valence-corrected chi connectivity index (χ1v) is 44.5. The molecule has 8 aromatic heterocycles. The van der Waals surface area contributed by atoms with Crippen LogP contribution in [0.15, 0.2) is 147 Å². The zero-order valence-electron chi connectivity index (χ0n) is 62.8. The van der Waals surface area contributed by atoms with Crippen LogP contribution in [0.1, 0.15) is 155 Å². The summed E-state index contributed by atoms with van der Waals surface area (Å²) in [4.78, 5) is 26.4. The smallest absolute Gasteiger partial charge is 0.417 e. The van der Waals surface area contributed by atoms with Crippen LogP contribution in [-0.4, -0.2) is 167 Å². The number of H-pyrrole nitrogens is 8. The minimum Gasteiger partial charge on any atom is -0.417 e. The van der Waals surface area contributed by atoms with Gasteiger partial charge in [-0.3, -0.25) is 40.7 Å². The summed E-state index contributed by atoms with van der Waals surface area (Å²) in [6, 6.07) is 32.4. The molecule has 0 amide bonds. The summed E-state index contributed by atoms with van der Waals surface area (Å²) in [5, 5.41) is 28.1. The average molecular weight is 1570 g/mol. The first kappa shape index (κ1) is 91.5. The van der Waals surface area contributed by atoms with Crippen molar-refractivity contribution < 1.29 is 87.8 Å². The largest absolute Gasteiger partial charge is 0.474 e. The zero-order chi connectivity index (χ0) is 76.7. The molecule has 0 radical (unpaired) electrons. The highest BCUT2D eigenvalue weighted by Gasteiger charge is 2.38. The first-order valence-electron chi connectivity index (χ1n) is 34.8. The standard InChI is InChI=1S/C21H36N2OSi.C18H30N2O8P2.C16H25N2O5P.C14H20N2O2.C2H6ClO3P/c1-7-10-17(13-16-24-25(5,6)21(2,3)4)20(18-11-8-14-22-18)19-12-9-15-23-19;1-23-29(21,24-2)27-13-9-15(10-14-28-30(22,25-3)26-4)18(16-7-5-11-19-16)17-8-6-12-20-17;1-21-24(20,22-2)23-12-8-13(7-11-19)16(14-5-3-9-17-14)15-6-4-10-18-15;17-9-5-11(6-10-18)14(12-3-1-7-15-12)13-4-2-8-16-13;1-5-7(3,4)6-2/h8-9,11-12,14-15,17,20,22-23H,7,10,13,16H2,1-6H3;5-8,11-12,15,18-20H,9-10,13-14H2,1-4H3;3-6,9-10,13,16-19H,7-8,11-12H2,1-2H3;1-4,7-8,11,14-18H,5-6,9-10H2;1-2H3. The van der Waals surface area contributed by atoms with Crippen molar-refractivity contribution in [1.29, 1.82) is 0 Å². The molecule has 27 nitrogen and oxygen atoms in total. The number of aliphatic hydroxyl groups excluding tert-OH is 3. The van der Waals surface area contributed by atoms with Crippen LogP contribution in [0.5, 0.6) is 0 Å². The highest BCUT2D eigenvalue weighted by molar-refractivity contribution is 7.81. The van der Waals surface area contributed by atoms with Crippen LogP contribution >= 0.6 is 41.7 Å². The summed E-state index contributed by atoms with van der Waals surface area (Å²) >= 11 is 5.02. The van der Waals surface area contributed by atoms with E-state index in [9.17, 15) is 33.6 Å². The van der Waals surface area contributed by atoms with E-state index in [-0.39, 0.29) is 80.2 Å². The fourth-order valence-electron chi connectivity index (χ4n) is 12.0. The number of rotatable bonds is 44. The van der Waals surface area contributed by atoms with Crippen molar-refractivity contribution >= 4 is 50.0 Å². The van der Waals surface area contributed by atoms with E-state index in [4.69, 9.17) is 56.4 Å². The summed E-state index contributed by atoms with van der Waals surface area (Å²) in [7, 11) is -2.24. The molecule has 0 saturated carbocycles. The van der Waals surface area contributed by atoms with Gasteiger partial charge in [-0.1, -0.05) is 34.1 Å². The lowest BCUT2D eigenvalue weighted by molar-refractivity contribution is 0.127. The van der Waals surface area contributed by atoms with Gasteiger partial charge < -0.3 is 68.7 Å². The molecule has 0 aliphatic heterocycles. The molecule has 0 bridgehead atoms. The van der Waals surface area contributed by atoms with Gasteiger partial charge in [0.15, 0.2) is 8.32 Å². The predicted molar refractivity (Wildman–Crippen MR) is 410 cm³/mol. The summed E-state index contributed by atoms with van der Waals surface area (Å²) in [5.41, 5.74) is 8.92. The number of phosphoric ester groups is 3. The van der Waals surface area contributed by atoms with E-state index < -0.39 is 38.7 Å². The zero-order valence-corrected chi connectivity index (χ0v) is 68.2. The van der Waals surface area contributed by atoms with Crippen LogP contribution < -0.4 is 0 Å². The molecule has 0 aliphatic carbocycles. The quantitative estimate of drug-likeness (QED) is 0.0125. The fraction of sp³-hybridized carbons (Fsp3) is 0.549. The molecule has 2 atom stereocenters. The van der Waals surface area contributed by atoms with Gasteiger partial charge in [0.05, 0.1) is 19.8 Å². The number of halogens is 1. The Morgan fingerprint density at radius 1 is 0.365 bits per heavy atom. The SMILES string of the molecule is CCCC(CCO[Si](C)(C)C(C)(C)C)C(c1ccc[nH]1)c1ccc[nH]1.COP(=O)(Cl)OC.COP(=O)(OC)OCCC(CCO)C(c1ccc[nH]1)c1ccc[nH]1.COP(=O)(OC)OCCC(CCOP(=O)(OC)OC)C(c1ccc[nH]1)c1ccc[nH]1.OCCC(CCO)C(c1ccc[nH]1)c1ccc[nH]1. The maximum Gasteiger partial charge on any atom is 0.474 e. The Bertz CT molecular complexity index is 3360. The third-order valence-corrected chi connectivity index (χ3v) is 28.9. The highest BCUT2D eigenvalue weighted by Crippen LogP contribution is 2.53. The molecular formula is C71H117ClN8O19P4Si. The average Bonchev–Trinajstić information content (AvgIpc) is 1.60. The summed E-state index contributed by atoms with van der Waals surface area (Å²) in [6.45, 7) is 12.4. The number of hydrogen-bond acceptors (Lipinski definition) is 19. The molecule has 0 spiro atoms. The van der Waals surface area contributed by atoms with E-state index in [1.807, 2.05) is 122 Å². The molecule has 0 aliphatic rings. The number of phosphoric acid groups is 3. The molecule has 33 heteroatoms. The topological polar surface area (TPSA) is 366 Å². The van der Waals surface area contributed by atoms with E-state index >= 15 is 0 Å². The van der Waals surface area contributed by atoms with E-state index in [1.165, 1.54) is 81.1 Å². The minimum atomic E-state index is -3.58. The molecule has 2 unspecified atom stereocenters. The maximum absolute atomic E-state index is 12.2. The molecular weight excluding hydrogens is 1460 g/mol. The molecule has 11 N–H and O–H groups in total. The van der Waals surface area contributed by atoms with Gasteiger partial charge in [-0.05, 0) is 190 Å². The Labute approximate surface area is 620 Å². The van der Waals surface area contributed by atoms with Crippen LogP contribution in [0.25, 0.3) is 0 Å². The minimum absolute atomic E-state index is 0.0355. The van der Waals surface area contributed by atoms with Gasteiger partial charge in [0.2, 0.25) is 0 Å². The lowest BCUT2D eigenvalue weighted by Gasteiger charge is -2.37. The van der Waals surface area contributed by atoms with Gasteiger partial charge in [0.1, 0.15) is 0 Å². The monoisotopic (exact) mass is 1570 g/mol. The van der Waals surface area contributed by atoms with Gasteiger partial charge in [-0.15, -0.1) is 0 Å². The second-order valence-corrected chi connectivity index (χ2v) is 39.1. The van der Waals surface area contributed by atoms with E-state index in [1.54, 1.807) is 0 Å². The van der Waals surface area contributed by atoms with Crippen LogP contribution in [0, 0.1) is 23.7 Å². The summed E-state index contributed by atoms with van der Waals surface area (Å²) in [6.07, 6.45) is 22.4. The second-order valence-electron chi connectivity index (χ2n) is 25.8. The van der Waals surface area contributed by atoms with Gasteiger partial charge in [0, 0.05) is 213 Å². The molecule has 8 rings (SSSR count).